The first-order valence-electron chi connectivity index (χ1n) is 6.51. The zero-order chi connectivity index (χ0) is 18.1. The quantitative estimate of drug-likeness (QED) is 0.477. The molecule has 1 heterocycles. The van der Waals surface area contributed by atoms with Crippen LogP contribution in [0.1, 0.15) is 0 Å². The van der Waals surface area contributed by atoms with Crippen LogP contribution in [-0.2, 0) is 19.3 Å². The van der Waals surface area contributed by atoms with E-state index in [-0.39, 0.29) is 5.75 Å². The summed E-state index contributed by atoms with van der Waals surface area (Å²) >= 11 is 0. The van der Waals surface area contributed by atoms with Crippen LogP contribution in [0.15, 0.2) is 18.2 Å². The van der Waals surface area contributed by atoms with E-state index in [2.05, 4.69) is 4.18 Å². The summed E-state index contributed by atoms with van der Waals surface area (Å²) in [5.41, 5.74) is 0. The highest BCUT2D eigenvalue weighted by molar-refractivity contribution is 7.80. The second kappa shape index (κ2) is 7.23. The summed E-state index contributed by atoms with van der Waals surface area (Å²) in [5.74, 6) is -2.62. The molecule has 0 saturated carbocycles. The van der Waals surface area contributed by atoms with Crippen LogP contribution in [0, 0.1) is 11.6 Å². The Kier molecular flexibility index (Phi) is 5.70. The molecule has 0 aromatic heterocycles. The first-order chi connectivity index (χ1) is 11.1. The van der Waals surface area contributed by atoms with E-state index in [1.54, 1.807) is 0 Å². The molecule has 4 N–H and O–H groups in total. The van der Waals surface area contributed by atoms with Crippen molar-refractivity contribution in [2.75, 3.05) is 6.61 Å². The van der Waals surface area contributed by atoms with Crippen molar-refractivity contribution in [3.8, 4) is 5.75 Å². The summed E-state index contributed by atoms with van der Waals surface area (Å²) in [7, 11) is -4.83. The van der Waals surface area contributed by atoms with E-state index in [9.17, 15) is 32.5 Å². The van der Waals surface area contributed by atoms with Crippen molar-refractivity contribution >= 4 is 10.4 Å². The van der Waals surface area contributed by atoms with Crippen molar-refractivity contribution < 1.29 is 50.7 Å². The highest BCUT2D eigenvalue weighted by Gasteiger charge is 2.45. The lowest BCUT2D eigenvalue weighted by molar-refractivity contribution is -0.276. The van der Waals surface area contributed by atoms with E-state index < -0.39 is 59.3 Å². The van der Waals surface area contributed by atoms with Gasteiger partial charge in [0.25, 0.3) is 0 Å². The van der Waals surface area contributed by atoms with Gasteiger partial charge in [-0.25, -0.2) is 13.0 Å². The summed E-state index contributed by atoms with van der Waals surface area (Å²) in [6.45, 7) is -0.887. The molecule has 0 unspecified atom stereocenters. The van der Waals surface area contributed by atoms with Gasteiger partial charge in [-0.05, 0) is 12.1 Å². The fourth-order valence-corrected chi connectivity index (χ4v) is 2.29. The zero-order valence-corrected chi connectivity index (χ0v) is 12.6. The van der Waals surface area contributed by atoms with Crippen molar-refractivity contribution in [2.24, 2.45) is 0 Å². The highest BCUT2D eigenvalue weighted by Crippen LogP contribution is 2.25. The topological polar surface area (TPSA) is 143 Å². The molecule has 2 rings (SSSR count). The predicted molar refractivity (Wildman–Crippen MR) is 71.2 cm³/mol. The molecule has 1 saturated heterocycles. The minimum atomic E-state index is -4.83. The number of aliphatic hydroxyl groups is 3. The Bertz CT molecular complexity index is 683. The lowest BCUT2D eigenvalue weighted by Gasteiger charge is -2.39. The van der Waals surface area contributed by atoms with Gasteiger partial charge >= 0.3 is 10.4 Å². The molecule has 1 fully saturated rings. The molecule has 24 heavy (non-hydrogen) atoms. The van der Waals surface area contributed by atoms with Gasteiger partial charge in [-0.3, -0.25) is 4.55 Å². The maximum absolute atomic E-state index is 13.1. The summed E-state index contributed by atoms with van der Waals surface area (Å²) < 4.78 is 69.7. The molecule has 1 aliphatic rings. The summed E-state index contributed by atoms with van der Waals surface area (Å²) in [5, 5.41) is 29.2. The minimum Gasteiger partial charge on any atom is -0.462 e. The molecule has 1 aromatic rings. The normalized spacial score (nSPS) is 31.0. The van der Waals surface area contributed by atoms with Crippen molar-refractivity contribution in [1.82, 2.24) is 0 Å². The Morgan fingerprint density at radius 2 is 1.75 bits per heavy atom. The second-order valence-electron chi connectivity index (χ2n) is 4.92. The lowest BCUT2D eigenvalue weighted by Crippen LogP contribution is -2.60. The molecule has 12 heteroatoms. The van der Waals surface area contributed by atoms with Crippen molar-refractivity contribution in [2.45, 2.75) is 30.7 Å². The van der Waals surface area contributed by atoms with Crippen LogP contribution in [-0.4, -0.2) is 65.6 Å². The molecule has 0 aliphatic carbocycles. The molecule has 1 aliphatic heterocycles. The van der Waals surface area contributed by atoms with Crippen LogP contribution >= 0.6 is 0 Å². The highest BCUT2D eigenvalue weighted by atomic mass is 32.3. The molecule has 0 radical (unpaired) electrons. The maximum Gasteiger partial charge on any atom is 0.397 e. The molecular weight excluding hydrogens is 358 g/mol. The zero-order valence-electron chi connectivity index (χ0n) is 11.8. The third kappa shape index (κ3) is 4.57. The van der Waals surface area contributed by atoms with Gasteiger partial charge in [0.05, 0.1) is 6.61 Å². The average molecular weight is 372 g/mol. The average Bonchev–Trinajstić information content (AvgIpc) is 2.49. The van der Waals surface area contributed by atoms with Crippen LogP contribution in [0.2, 0.25) is 0 Å². The number of aliphatic hydroxyl groups excluding tert-OH is 3. The Labute approximate surface area is 135 Å². The number of benzene rings is 1. The van der Waals surface area contributed by atoms with Crippen LogP contribution in [0.25, 0.3) is 0 Å². The largest absolute Gasteiger partial charge is 0.462 e. The van der Waals surface area contributed by atoms with Crippen molar-refractivity contribution in [3.05, 3.63) is 29.8 Å². The van der Waals surface area contributed by atoms with Crippen LogP contribution in [0.5, 0.6) is 5.75 Å². The van der Waals surface area contributed by atoms with E-state index in [1.807, 2.05) is 0 Å². The molecule has 5 atom stereocenters. The third-order valence-electron chi connectivity index (χ3n) is 3.19. The van der Waals surface area contributed by atoms with Crippen LogP contribution in [0.4, 0.5) is 8.78 Å². The number of hydrogen-bond donors (Lipinski definition) is 4. The fraction of sp³-hybridized carbons (Fsp3) is 0.500. The SMILES string of the molecule is O=S(=O)(O)OC[C@H]1O[C@@H](Oc2ccc(F)c(F)c2)[C@H](O)[C@@H](O)[C@@H]1O. The Balaban J connectivity index is 2.11. The Morgan fingerprint density at radius 3 is 2.33 bits per heavy atom. The van der Waals surface area contributed by atoms with Gasteiger partial charge in [0.1, 0.15) is 30.2 Å². The maximum atomic E-state index is 13.1. The van der Waals surface area contributed by atoms with Crippen molar-refractivity contribution in [3.63, 3.8) is 0 Å². The van der Waals surface area contributed by atoms with Gasteiger partial charge in [0.2, 0.25) is 6.29 Å². The van der Waals surface area contributed by atoms with Gasteiger partial charge in [-0.15, -0.1) is 0 Å². The van der Waals surface area contributed by atoms with Gasteiger partial charge in [0, 0.05) is 6.07 Å². The summed E-state index contributed by atoms with van der Waals surface area (Å²) in [4.78, 5) is 0. The number of halogens is 2. The van der Waals surface area contributed by atoms with Gasteiger partial charge < -0.3 is 24.8 Å². The smallest absolute Gasteiger partial charge is 0.397 e. The van der Waals surface area contributed by atoms with E-state index in [0.717, 1.165) is 12.1 Å². The second-order valence-corrected chi connectivity index (χ2v) is 6.01. The molecule has 136 valence electrons. The molecular formula is C12H14F2O9S. The molecule has 0 amide bonds. The summed E-state index contributed by atoms with van der Waals surface area (Å²) in [6, 6.07) is 2.44. The van der Waals surface area contributed by atoms with E-state index >= 15 is 0 Å². The predicted octanol–water partition coefficient (Wildman–Crippen LogP) is -1.03. The first-order valence-corrected chi connectivity index (χ1v) is 7.88. The fourth-order valence-electron chi connectivity index (χ4n) is 1.99. The number of hydrogen-bond acceptors (Lipinski definition) is 8. The Morgan fingerprint density at radius 1 is 1.08 bits per heavy atom. The van der Waals surface area contributed by atoms with Crippen LogP contribution in [0.3, 0.4) is 0 Å². The monoisotopic (exact) mass is 372 g/mol. The number of ether oxygens (including phenoxy) is 2. The van der Waals surface area contributed by atoms with E-state index in [1.165, 1.54) is 0 Å². The third-order valence-corrected chi connectivity index (χ3v) is 3.63. The van der Waals surface area contributed by atoms with Gasteiger partial charge in [-0.1, -0.05) is 0 Å². The molecule has 0 bridgehead atoms. The van der Waals surface area contributed by atoms with Crippen LogP contribution < -0.4 is 4.74 Å². The Hall–Kier alpha value is -1.41. The molecule has 9 nitrogen and oxygen atoms in total. The summed E-state index contributed by atoms with van der Waals surface area (Å²) in [6.07, 6.45) is -8.51. The van der Waals surface area contributed by atoms with Gasteiger partial charge in [-0.2, -0.15) is 8.42 Å². The lowest BCUT2D eigenvalue weighted by atomic mass is 9.99. The van der Waals surface area contributed by atoms with E-state index in [0.29, 0.717) is 6.07 Å². The van der Waals surface area contributed by atoms with Crippen molar-refractivity contribution in [1.29, 1.82) is 0 Å². The van der Waals surface area contributed by atoms with Gasteiger partial charge in [0.15, 0.2) is 11.6 Å². The molecule has 1 aromatic carbocycles. The standard InChI is InChI=1S/C12H14F2O9S/c13-6-2-1-5(3-7(6)14)22-12-11(17)10(16)9(15)8(23-12)4-21-24(18,19)20/h1-3,8-12,15-17H,4H2,(H,18,19,20)/t8-,9-,10+,11-,12-/m1/s1. The molecule has 0 spiro atoms. The minimum absolute atomic E-state index is 0.254. The first kappa shape index (κ1) is 18.9. The number of rotatable bonds is 5. The van der Waals surface area contributed by atoms with E-state index in [4.69, 9.17) is 14.0 Å².